The lowest BCUT2D eigenvalue weighted by molar-refractivity contribution is 0.213. The normalized spacial score (nSPS) is 24.9. The van der Waals surface area contributed by atoms with Crippen LogP contribution in [-0.2, 0) is 0 Å². The van der Waals surface area contributed by atoms with E-state index in [9.17, 15) is 0 Å². The van der Waals surface area contributed by atoms with Crippen molar-refractivity contribution in [2.24, 2.45) is 11.8 Å². The van der Waals surface area contributed by atoms with Crippen LogP contribution >= 0.6 is 11.3 Å². The summed E-state index contributed by atoms with van der Waals surface area (Å²) in [4.78, 5) is 4.11. The molecule has 4 rings (SSSR count). The number of para-hydroxylation sites is 1. The highest BCUT2D eigenvalue weighted by atomic mass is 32.1. The Labute approximate surface area is 142 Å². The Hall–Kier alpha value is -1.81. The fraction of sp³-hybridized carbons (Fsp3) is 0.421. The van der Waals surface area contributed by atoms with Crippen molar-refractivity contribution in [2.45, 2.75) is 39.2 Å². The van der Waals surface area contributed by atoms with Crippen LogP contribution in [0.5, 0.6) is 0 Å². The van der Waals surface area contributed by atoms with Gasteiger partial charge in [0.2, 0.25) is 0 Å². The third-order valence-corrected chi connectivity index (χ3v) is 5.38. The van der Waals surface area contributed by atoms with Gasteiger partial charge >= 0.3 is 0 Å². The van der Waals surface area contributed by atoms with E-state index in [4.69, 9.17) is 5.73 Å². The quantitative estimate of drug-likeness (QED) is 0.735. The number of fused-ring (bicyclic) bond motifs is 2. The van der Waals surface area contributed by atoms with Crippen molar-refractivity contribution in [2.75, 3.05) is 5.73 Å². The summed E-state index contributed by atoms with van der Waals surface area (Å²) in [5.41, 5.74) is 8.22. The number of nitrogens with two attached hydrogens (primary N) is 1. The highest BCUT2D eigenvalue weighted by Gasteiger charge is 2.34. The number of nitrogens with one attached hydrogen (secondary N) is 1. The zero-order valence-corrected chi connectivity index (χ0v) is 14.9. The van der Waals surface area contributed by atoms with E-state index in [2.05, 4.69) is 49.3 Å². The van der Waals surface area contributed by atoms with Crippen molar-refractivity contribution in [1.29, 1.82) is 0 Å². The van der Waals surface area contributed by atoms with Gasteiger partial charge in [-0.25, -0.2) is 4.98 Å². The van der Waals surface area contributed by atoms with Crippen molar-refractivity contribution < 1.29 is 0 Å². The van der Waals surface area contributed by atoms with E-state index >= 15 is 0 Å². The molecule has 2 atom stereocenters. The molecule has 2 heterocycles. The minimum Gasteiger partial charge on any atom is -0.383 e. The number of anilines is 1. The molecule has 0 bridgehead atoms. The van der Waals surface area contributed by atoms with Gasteiger partial charge in [-0.2, -0.15) is 0 Å². The third-order valence-electron chi connectivity index (χ3n) is 4.51. The summed E-state index contributed by atoms with van der Waals surface area (Å²) >= 11 is 1.52. The number of nitrogens with zero attached hydrogens (tertiary/aromatic N) is 1. The molecule has 2 aromatic rings. The van der Waals surface area contributed by atoms with Gasteiger partial charge in [0.15, 0.2) is 5.13 Å². The Morgan fingerprint density at radius 3 is 2.87 bits per heavy atom. The summed E-state index contributed by atoms with van der Waals surface area (Å²) < 4.78 is 1.15. The molecule has 1 aliphatic carbocycles. The standard InChI is InChI=1S/C12H19N.C7H6N2S/c1-9-8-12(2,3)13-11-7-5-4-6-10(9)11;8-7-9-5-3-1-2-4-6(5)10-7/h4-5,7,9-10,13H,6,8H2,1-3H3;1-4H,(H2,8,9). The highest BCUT2D eigenvalue weighted by Crippen LogP contribution is 2.37. The number of aromatic nitrogens is 1. The summed E-state index contributed by atoms with van der Waals surface area (Å²) in [6.45, 7) is 6.96. The van der Waals surface area contributed by atoms with E-state index in [0.29, 0.717) is 5.13 Å². The van der Waals surface area contributed by atoms with Crippen LogP contribution in [0, 0.1) is 11.8 Å². The Balaban J connectivity index is 0.000000140. The third kappa shape index (κ3) is 3.75. The summed E-state index contributed by atoms with van der Waals surface area (Å²) in [5, 5.41) is 4.27. The van der Waals surface area contributed by atoms with E-state index in [0.717, 1.165) is 22.1 Å². The molecule has 122 valence electrons. The predicted molar refractivity (Wildman–Crippen MR) is 100 cm³/mol. The first-order valence-corrected chi connectivity index (χ1v) is 9.02. The van der Waals surface area contributed by atoms with Crippen LogP contribution in [0.25, 0.3) is 10.2 Å². The van der Waals surface area contributed by atoms with Crippen LogP contribution in [0.2, 0.25) is 0 Å². The Morgan fingerprint density at radius 2 is 2.09 bits per heavy atom. The van der Waals surface area contributed by atoms with Crippen molar-refractivity contribution in [3.63, 3.8) is 0 Å². The van der Waals surface area contributed by atoms with Crippen LogP contribution in [-0.4, -0.2) is 10.5 Å². The summed E-state index contributed by atoms with van der Waals surface area (Å²) in [6, 6.07) is 7.92. The molecule has 1 saturated heterocycles. The molecule has 0 spiro atoms. The van der Waals surface area contributed by atoms with Crippen LogP contribution in [0.1, 0.15) is 33.6 Å². The van der Waals surface area contributed by atoms with Crippen molar-refractivity contribution >= 4 is 26.7 Å². The Morgan fingerprint density at radius 1 is 1.30 bits per heavy atom. The summed E-state index contributed by atoms with van der Waals surface area (Å²) in [5.74, 6) is 1.56. The lowest BCUT2D eigenvalue weighted by Crippen LogP contribution is -2.48. The smallest absolute Gasteiger partial charge is 0.181 e. The van der Waals surface area contributed by atoms with Gasteiger partial charge in [0, 0.05) is 17.2 Å². The van der Waals surface area contributed by atoms with Crippen molar-refractivity contribution in [3.05, 3.63) is 48.2 Å². The minimum atomic E-state index is 0.285. The molecule has 0 amide bonds. The van der Waals surface area contributed by atoms with Gasteiger partial charge in [0.05, 0.1) is 10.2 Å². The molecule has 1 aromatic heterocycles. The SMILES string of the molecule is CC1CC(C)(C)NC2=CC=CCC21.Nc1nc2ccccc2s1. The van der Waals surface area contributed by atoms with E-state index in [1.54, 1.807) is 0 Å². The number of nitrogen functional groups attached to an aromatic ring is 1. The number of hydrogen-bond acceptors (Lipinski definition) is 4. The predicted octanol–water partition coefficient (Wildman–Crippen LogP) is 4.73. The lowest BCUT2D eigenvalue weighted by atomic mass is 9.74. The number of piperidine rings is 1. The van der Waals surface area contributed by atoms with E-state index in [1.165, 1.54) is 29.9 Å². The number of rotatable bonds is 0. The summed E-state index contributed by atoms with van der Waals surface area (Å²) in [6.07, 6.45) is 9.20. The molecule has 0 saturated carbocycles. The van der Waals surface area contributed by atoms with Gasteiger partial charge in [-0.15, -0.1) is 0 Å². The second kappa shape index (κ2) is 6.36. The average Bonchev–Trinajstić information content (AvgIpc) is 2.86. The van der Waals surface area contributed by atoms with Crippen molar-refractivity contribution in [1.82, 2.24) is 10.3 Å². The van der Waals surface area contributed by atoms with Gasteiger partial charge in [-0.3, -0.25) is 0 Å². The van der Waals surface area contributed by atoms with Gasteiger partial charge in [0.1, 0.15) is 0 Å². The summed E-state index contributed by atoms with van der Waals surface area (Å²) in [7, 11) is 0. The van der Waals surface area contributed by atoms with Gasteiger partial charge in [-0.1, -0.05) is 42.5 Å². The molecular weight excluding hydrogens is 302 g/mol. The molecule has 3 N–H and O–H groups in total. The maximum Gasteiger partial charge on any atom is 0.181 e. The Bertz CT molecular complexity index is 709. The second-order valence-corrected chi connectivity index (χ2v) is 8.16. The van der Waals surface area contributed by atoms with E-state index < -0.39 is 0 Å². The molecule has 4 heteroatoms. The van der Waals surface area contributed by atoms with Crippen molar-refractivity contribution in [3.8, 4) is 0 Å². The van der Waals surface area contributed by atoms with Gasteiger partial charge in [-0.05, 0) is 50.8 Å². The van der Waals surface area contributed by atoms with Gasteiger partial charge < -0.3 is 11.1 Å². The maximum atomic E-state index is 5.50. The van der Waals surface area contributed by atoms with Crippen LogP contribution in [0.3, 0.4) is 0 Å². The first-order chi connectivity index (χ1) is 10.9. The fourth-order valence-corrected chi connectivity index (χ4v) is 4.33. The lowest BCUT2D eigenvalue weighted by Gasteiger charge is -2.43. The number of thiazole rings is 1. The minimum absolute atomic E-state index is 0.285. The Kier molecular flexibility index (Phi) is 4.44. The molecule has 2 unspecified atom stereocenters. The van der Waals surface area contributed by atoms with Gasteiger partial charge in [0.25, 0.3) is 0 Å². The van der Waals surface area contributed by atoms with Crippen LogP contribution in [0.15, 0.2) is 48.2 Å². The first-order valence-electron chi connectivity index (χ1n) is 8.20. The molecule has 1 fully saturated rings. The van der Waals surface area contributed by atoms with Crippen LogP contribution in [0.4, 0.5) is 5.13 Å². The van der Waals surface area contributed by atoms with E-state index in [-0.39, 0.29) is 5.54 Å². The topological polar surface area (TPSA) is 50.9 Å². The highest BCUT2D eigenvalue weighted by molar-refractivity contribution is 7.22. The monoisotopic (exact) mass is 327 g/mol. The molecule has 23 heavy (non-hydrogen) atoms. The fourth-order valence-electron chi connectivity index (χ4n) is 3.60. The molecule has 1 aromatic carbocycles. The average molecular weight is 327 g/mol. The largest absolute Gasteiger partial charge is 0.383 e. The number of hydrogen-bond donors (Lipinski definition) is 2. The van der Waals surface area contributed by atoms with E-state index in [1.807, 2.05) is 24.3 Å². The number of benzene rings is 1. The first kappa shape index (κ1) is 16.1. The molecule has 3 nitrogen and oxygen atoms in total. The maximum absolute atomic E-state index is 5.50. The van der Waals surface area contributed by atoms with Crippen LogP contribution < -0.4 is 11.1 Å². The second-order valence-electron chi connectivity index (χ2n) is 7.10. The molecular formula is C19H25N3S. The molecule has 1 aliphatic heterocycles. The molecule has 2 aliphatic rings. The number of allylic oxidation sites excluding steroid dienone is 4. The molecule has 0 radical (unpaired) electrons. The zero-order valence-electron chi connectivity index (χ0n) is 14.0. The zero-order chi connectivity index (χ0) is 16.4.